The topological polar surface area (TPSA) is 42.2 Å². The van der Waals surface area contributed by atoms with Crippen LogP contribution in [0.4, 0.5) is 5.82 Å². The first-order chi connectivity index (χ1) is 7.19. The monoisotopic (exact) mass is 207 g/mol. The van der Waals surface area contributed by atoms with Crippen molar-refractivity contribution in [3.05, 3.63) is 23.9 Å². The van der Waals surface area contributed by atoms with Crippen LogP contribution in [0.5, 0.6) is 0 Å². The summed E-state index contributed by atoms with van der Waals surface area (Å²) < 4.78 is 0. The molecule has 1 heterocycles. The maximum Gasteiger partial charge on any atom is 0.131 e. The fourth-order valence-corrected chi connectivity index (χ4v) is 1.74. The predicted molar refractivity (Wildman–Crippen MR) is 65.2 cm³/mol. The lowest BCUT2D eigenvalue weighted by molar-refractivity contribution is 0.727. The zero-order valence-corrected chi connectivity index (χ0v) is 9.90. The van der Waals surface area contributed by atoms with E-state index in [-0.39, 0.29) is 6.04 Å². The van der Waals surface area contributed by atoms with Crippen molar-refractivity contribution < 1.29 is 0 Å². The molecular formula is C12H21N3. The number of nitrogens with two attached hydrogens (primary N) is 1. The second-order valence-corrected chi connectivity index (χ2v) is 3.84. The van der Waals surface area contributed by atoms with Gasteiger partial charge in [0.25, 0.3) is 0 Å². The van der Waals surface area contributed by atoms with E-state index in [1.54, 1.807) is 0 Å². The van der Waals surface area contributed by atoms with Crippen molar-refractivity contribution in [1.29, 1.82) is 0 Å². The maximum absolute atomic E-state index is 5.83. The molecule has 1 aromatic heterocycles. The zero-order valence-electron chi connectivity index (χ0n) is 9.90. The smallest absolute Gasteiger partial charge is 0.131 e. The van der Waals surface area contributed by atoms with E-state index in [9.17, 15) is 0 Å². The Labute approximate surface area is 92.3 Å². The van der Waals surface area contributed by atoms with Gasteiger partial charge >= 0.3 is 0 Å². The number of nitrogens with zero attached hydrogens (tertiary/aromatic N) is 2. The molecule has 0 saturated heterocycles. The largest absolute Gasteiger partial charge is 0.357 e. The predicted octanol–water partition coefficient (Wildman–Crippen LogP) is 1.82. The minimum absolute atomic E-state index is 0.184. The van der Waals surface area contributed by atoms with Gasteiger partial charge in [-0.1, -0.05) is 6.07 Å². The highest BCUT2D eigenvalue weighted by atomic mass is 15.2. The van der Waals surface area contributed by atoms with Gasteiger partial charge in [-0.3, -0.25) is 0 Å². The molecule has 1 aromatic rings. The Bertz CT molecular complexity index is 293. The summed E-state index contributed by atoms with van der Waals surface area (Å²) in [7, 11) is 0. The van der Waals surface area contributed by atoms with Gasteiger partial charge in [-0.25, -0.2) is 4.98 Å². The van der Waals surface area contributed by atoms with Crippen molar-refractivity contribution in [1.82, 2.24) is 4.98 Å². The highest BCUT2D eigenvalue weighted by molar-refractivity contribution is 5.46. The lowest BCUT2D eigenvalue weighted by Gasteiger charge is -2.23. The summed E-state index contributed by atoms with van der Waals surface area (Å²) in [6, 6.07) is 4.28. The molecule has 0 aliphatic rings. The van der Waals surface area contributed by atoms with E-state index in [0.29, 0.717) is 0 Å². The number of pyridine rings is 1. The average Bonchev–Trinajstić information content (AvgIpc) is 2.21. The Hall–Kier alpha value is -1.09. The van der Waals surface area contributed by atoms with Crippen LogP contribution in [0, 0.1) is 0 Å². The van der Waals surface area contributed by atoms with Crippen LogP contribution >= 0.6 is 0 Å². The molecule has 0 aliphatic heterocycles. The second kappa shape index (κ2) is 5.71. The molecule has 0 fully saturated rings. The van der Waals surface area contributed by atoms with Gasteiger partial charge in [0, 0.05) is 25.3 Å². The third kappa shape index (κ3) is 3.20. The molecule has 2 N–H and O–H groups in total. The number of anilines is 1. The van der Waals surface area contributed by atoms with Gasteiger partial charge in [0.2, 0.25) is 0 Å². The van der Waals surface area contributed by atoms with Gasteiger partial charge in [-0.05, 0) is 38.8 Å². The average molecular weight is 207 g/mol. The van der Waals surface area contributed by atoms with Crippen LogP contribution in [-0.4, -0.2) is 24.1 Å². The Morgan fingerprint density at radius 1 is 1.40 bits per heavy atom. The first-order valence-electron chi connectivity index (χ1n) is 5.63. The van der Waals surface area contributed by atoms with Gasteiger partial charge < -0.3 is 10.6 Å². The van der Waals surface area contributed by atoms with E-state index in [1.807, 2.05) is 19.2 Å². The summed E-state index contributed by atoms with van der Waals surface area (Å²) in [6.45, 7) is 8.29. The van der Waals surface area contributed by atoms with Crippen LogP contribution in [-0.2, 0) is 6.42 Å². The van der Waals surface area contributed by atoms with Crippen molar-refractivity contribution in [2.45, 2.75) is 33.2 Å². The molecule has 0 amide bonds. The molecule has 3 nitrogen and oxygen atoms in total. The summed E-state index contributed by atoms with van der Waals surface area (Å²) in [5, 5.41) is 0. The normalized spacial score (nSPS) is 12.5. The highest BCUT2D eigenvalue weighted by Crippen LogP contribution is 2.17. The van der Waals surface area contributed by atoms with E-state index >= 15 is 0 Å². The van der Waals surface area contributed by atoms with Crippen LogP contribution in [0.25, 0.3) is 0 Å². The Morgan fingerprint density at radius 3 is 2.60 bits per heavy atom. The number of rotatable bonds is 5. The van der Waals surface area contributed by atoms with E-state index in [2.05, 4.69) is 29.8 Å². The molecule has 15 heavy (non-hydrogen) atoms. The minimum atomic E-state index is 0.184. The fourth-order valence-electron chi connectivity index (χ4n) is 1.74. The zero-order chi connectivity index (χ0) is 11.3. The Kier molecular flexibility index (Phi) is 4.56. The summed E-state index contributed by atoms with van der Waals surface area (Å²) in [4.78, 5) is 6.71. The van der Waals surface area contributed by atoms with Crippen LogP contribution in [0.15, 0.2) is 18.3 Å². The molecule has 1 atom stereocenters. The van der Waals surface area contributed by atoms with E-state index in [4.69, 9.17) is 5.73 Å². The molecule has 3 heteroatoms. The third-order valence-corrected chi connectivity index (χ3v) is 2.47. The van der Waals surface area contributed by atoms with Crippen LogP contribution in [0.2, 0.25) is 0 Å². The van der Waals surface area contributed by atoms with E-state index in [1.165, 1.54) is 5.56 Å². The maximum atomic E-state index is 5.83. The SMILES string of the molecule is CCN(CC)c1ncccc1CC(C)N. The van der Waals surface area contributed by atoms with Gasteiger partial charge in [-0.15, -0.1) is 0 Å². The lowest BCUT2D eigenvalue weighted by atomic mass is 10.1. The molecule has 0 bridgehead atoms. The van der Waals surface area contributed by atoms with Crippen molar-refractivity contribution in [3.63, 3.8) is 0 Å². The third-order valence-electron chi connectivity index (χ3n) is 2.47. The van der Waals surface area contributed by atoms with E-state index in [0.717, 1.165) is 25.3 Å². The van der Waals surface area contributed by atoms with Crippen LogP contribution in [0.3, 0.4) is 0 Å². The lowest BCUT2D eigenvalue weighted by Crippen LogP contribution is -2.26. The Morgan fingerprint density at radius 2 is 2.07 bits per heavy atom. The van der Waals surface area contributed by atoms with Gasteiger partial charge in [0.05, 0.1) is 0 Å². The molecule has 0 spiro atoms. The van der Waals surface area contributed by atoms with Crippen molar-refractivity contribution >= 4 is 5.82 Å². The quantitative estimate of drug-likeness (QED) is 0.800. The molecule has 0 aromatic carbocycles. The molecule has 0 saturated carbocycles. The molecule has 84 valence electrons. The van der Waals surface area contributed by atoms with Crippen molar-refractivity contribution in [3.8, 4) is 0 Å². The molecule has 1 unspecified atom stereocenters. The fraction of sp³-hybridized carbons (Fsp3) is 0.583. The van der Waals surface area contributed by atoms with Crippen molar-refractivity contribution in [2.75, 3.05) is 18.0 Å². The van der Waals surface area contributed by atoms with E-state index < -0.39 is 0 Å². The standard InChI is InChI=1S/C12H21N3/c1-4-15(5-2)12-11(9-10(3)13)7-6-8-14-12/h6-8,10H,4-5,9,13H2,1-3H3. The number of aromatic nitrogens is 1. The molecule has 0 radical (unpaired) electrons. The molecular weight excluding hydrogens is 186 g/mol. The van der Waals surface area contributed by atoms with Crippen LogP contribution in [0.1, 0.15) is 26.3 Å². The summed E-state index contributed by atoms with van der Waals surface area (Å²) in [6.07, 6.45) is 2.73. The molecule has 1 rings (SSSR count). The molecule has 0 aliphatic carbocycles. The minimum Gasteiger partial charge on any atom is -0.357 e. The first-order valence-corrected chi connectivity index (χ1v) is 5.63. The number of hydrogen-bond acceptors (Lipinski definition) is 3. The number of hydrogen-bond donors (Lipinski definition) is 1. The van der Waals surface area contributed by atoms with Crippen LogP contribution < -0.4 is 10.6 Å². The van der Waals surface area contributed by atoms with Gasteiger partial charge in [-0.2, -0.15) is 0 Å². The first kappa shape index (κ1) is 12.0. The van der Waals surface area contributed by atoms with Gasteiger partial charge in [0.15, 0.2) is 0 Å². The summed E-state index contributed by atoms with van der Waals surface area (Å²) in [5.41, 5.74) is 7.08. The summed E-state index contributed by atoms with van der Waals surface area (Å²) >= 11 is 0. The summed E-state index contributed by atoms with van der Waals surface area (Å²) in [5.74, 6) is 1.08. The van der Waals surface area contributed by atoms with Gasteiger partial charge in [0.1, 0.15) is 5.82 Å². The Balaban J connectivity index is 2.94. The second-order valence-electron chi connectivity index (χ2n) is 3.84. The highest BCUT2D eigenvalue weighted by Gasteiger charge is 2.10. The van der Waals surface area contributed by atoms with Crippen molar-refractivity contribution in [2.24, 2.45) is 5.73 Å².